The SMILES string of the molecule is CCN(CC1CC1)C1CCCCCC1CN. The van der Waals surface area contributed by atoms with Crippen molar-refractivity contribution in [1.82, 2.24) is 4.90 Å². The van der Waals surface area contributed by atoms with Gasteiger partial charge in [-0.1, -0.05) is 26.2 Å². The Morgan fingerprint density at radius 2 is 1.81 bits per heavy atom. The highest BCUT2D eigenvalue weighted by Gasteiger charge is 2.31. The van der Waals surface area contributed by atoms with Crippen LogP contribution in [0.3, 0.4) is 0 Å². The van der Waals surface area contributed by atoms with Crippen LogP contribution in [0.1, 0.15) is 51.9 Å². The van der Waals surface area contributed by atoms with E-state index in [1.54, 1.807) is 0 Å². The van der Waals surface area contributed by atoms with Gasteiger partial charge >= 0.3 is 0 Å². The number of hydrogen-bond acceptors (Lipinski definition) is 2. The number of rotatable bonds is 5. The van der Waals surface area contributed by atoms with Crippen molar-refractivity contribution in [2.45, 2.75) is 57.9 Å². The van der Waals surface area contributed by atoms with E-state index in [1.807, 2.05) is 0 Å². The molecule has 2 unspecified atom stereocenters. The molecular formula is C14H28N2. The van der Waals surface area contributed by atoms with Gasteiger partial charge in [-0.3, -0.25) is 0 Å². The van der Waals surface area contributed by atoms with Crippen LogP contribution in [-0.4, -0.2) is 30.6 Å². The minimum absolute atomic E-state index is 0.765. The number of nitrogens with zero attached hydrogens (tertiary/aromatic N) is 1. The molecule has 2 nitrogen and oxygen atoms in total. The molecule has 2 aliphatic carbocycles. The zero-order valence-electron chi connectivity index (χ0n) is 10.8. The van der Waals surface area contributed by atoms with Gasteiger partial charge in [-0.25, -0.2) is 0 Å². The summed E-state index contributed by atoms with van der Waals surface area (Å²) < 4.78 is 0. The molecule has 0 amide bonds. The maximum Gasteiger partial charge on any atom is 0.0135 e. The summed E-state index contributed by atoms with van der Waals surface area (Å²) in [6.45, 7) is 5.78. The first kappa shape index (κ1) is 12.4. The van der Waals surface area contributed by atoms with Gasteiger partial charge in [-0.05, 0) is 50.6 Å². The third-order valence-electron chi connectivity index (χ3n) is 4.49. The third kappa shape index (κ3) is 3.21. The van der Waals surface area contributed by atoms with Gasteiger partial charge in [-0.2, -0.15) is 0 Å². The lowest BCUT2D eigenvalue weighted by Gasteiger charge is -2.35. The van der Waals surface area contributed by atoms with Gasteiger partial charge in [0.05, 0.1) is 0 Å². The smallest absolute Gasteiger partial charge is 0.0135 e. The van der Waals surface area contributed by atoms with Crippen molar-refractivity contribution in [2.24, 2.45) is 17.6 Å². The summed E-state index contributed by atoms with van der Waals surface area (Å²) in [7, 11) is 0. The monoisotopic (exact) mass is 224 g/mol. The molecule has 0 aliphatic heterocycles. The summed E-state index contributed by atoms with van der Waals surface area (Å²) in [5.74, 6) is 1.78. The van der Waals surface area contributed by atoms with Crippen LogP contribution in [0, 0.1) is 11.8 Å². The fourth-order valence-corrected chi connectivity index (χ4v) is 3.25. The molecule has 2 atom stereocenters. The van der Waals surface area contributed by atoms with Crippen molar-refractivity contribution >= 4 is 0 Å². The molecule has 0 radical (unpaired) electrons. The van der Waals surface area contributed by atoms with Gasteiger partial charge in [0.1, 0.15) is 0 Å². The predicted molar refractivity (Wildman–Crippen MR) is 69.4 cm³/mol. The van der Waals surface area contributed by atoms with Gasteiger partial charge in [0.15, 0.2) is 0 Å². The van der Waals surface area contributed by atoms with E-state index in [4.69, 9.17) is 5.73 Å². The molecule has 0 bridgehead atoms. The van der Waals surface area contributed by atoms with Crippen molar-refractivity contribution in [3.63, 3.8) is 0 Å². The summed E-state index contributed by atoms with van der Waals surface area (Å²) in [4.78, 5) is 2.74. The maximum atomic E-state index is 5.98. The van der Waals surface area contributed by atoms with Crippen molar-refractivity contribution in [3.8, 4) is 0 Å². The molecule has 16 heavy (non-hydrogen) atoms. The Morgan fingerprint density at radius 1 is 1.06 bits per heavy atom. The van der Waals surface area contributed by atoms with Crippen LogP contribution in [-0.2, 0) is 0 Å². The first-order valence-corrected chi connectivity index (χ1v) is 7.29. The van der Waals surface area contributed by atoms with E-state index >= 15 is 0 Å². The van der Waals surface area contributed by atoms with E-state index in [9.17, 15) is 0 Å². The van der Waals surface area contributed by atoms with E-state index in [1.165, 1.54) is 58.0 Å². The van der Waals surface area contributed by atoms with Gasteiger partial charge < -0.3 is 10.6 Å². The van der Waals surface area contributed by atoms with Crippen molar-refractivity contribution in [3.05, 3.63) is 0 Å². The Morgan fingerprint density at radius 3 is 2.44 bits per heavy atom. The van der Waals surface area contributed by atoms with Gasteiger partial charge in [0.2, 0.25) is 0 Å². The zero-order valence-corrected chi connectivity index (χ0v) is 10.8. The molecule has 0 spiro atoms. The van der Waals surface area contributed by atoms with Gasteiger partial charge in [-0.15, -0.1) is 0 Å². The molecule has 0 aromatic carbocycles. The quantitative estimate of drug-likeness (QED) is 0.727. The Kier molecular flexibility index (Phi) is 4.66. The van der Waals surface area contributed by atoms with Crippen LogP contribution < -0.4 is 5.73 Å². The lowest BCUT2D eigenvalue weighted by molar-refractivity contribution is 0.136. The Bertz CT molecular complexity index is 201. The van der Waals surface area contributed by atoms with Crippen molar-refractivity contribution in [2.75, 3.05) is 19.6 Å². The van der Waals surface area contributed by atoms with Crippen molar-refractivity contribution in [1.29, 1.82) is 0 Å². The molecule has 0 saturated heterocycles. The lowest BCUT2D eigenvalue weighted by atomic mass is 9.93. The minimum Gasteiger partial charge on any atom is -0.330 e. The highest BCUT2D eigenvalue weighted by molar-refractivity contribution is 4.86. The van der Waals surface area contributed by atoms with E-state index in [-0.39, 0.29) is 0 Å². The van der Waals surface area contributed by atoms with E-state index < -0.39 is 0 Å². The number of nitrogens with two attached hydrogens (primary N) is 1. The van der Waals surface area contributed by atoms with Crippen LogP contribution in [0.25, 0.3) is 0 Å². The summed E-state index contributed by atoms with van der Waals surface area (Å²) >= 11 is 0. The molecule has 0 aromatic rings. The van der Waals surface area contributed by atoms with Gasteiger partial charge in [0, 0.05) is 12.6 Å². The number of hydrogen-bond donors (Lipinski definition) is 1. The molecule has 0 aromatic heterocycles. The van der Waals surface area contributed by atoms with Crippen LogP contribution in [0.5, 0.6) is 0 Å². The standard InChI is InChI=1S/C14H28N2/c1-2-16(11-12-8-9-12)14-7-5-3-4-6-13(14)10-15/h12-14H,2-11,15H2,1H3. The van der Waals surface area contributed by atoms with Crippen molar-refractivity contribution < 1.29 is 0 Å². The molecule has 2 N–H and O–H groups in total. The Labute approximate surface area is 101 Å². The zero-order chi connectivity index (χ0) is 11.4. The fourth-order valence-electron chi connectivity index (χ4n) is 3.25. The molecule has 2 aliphatic rings. The summed E-state index contributed by atoms with van der Waals surface area (Å²) in [6, 6.07) is 0.790. The first-order chi connectivity index (χ1) is 7.85. The van der Waals surface area contributed by atoms with Crippen LogP contribution in [0.2, 0.25) is 0 Å². The summed E-state index contributed by atoms with van der Waals surface area (Å²) in [5, 5.41) is 0. The van der Waals surface area contributed by atoms with Crippen LogP contribution in [0.4, 0.5) is 0 Å². The molecule has 2 rings (SSSR count). The molecule has 0 heterocycles. The Hall–Kier alpha value is -0.0800. The fraction of sp³-hybridized carbons (Fsp3) is 1.00. The third-order valence-corrected chi connectivity index (χ3v) is 4.49. The van der Waals surface area contributed by atoms with E-state index in [2.05, 4.69) is 11.8 Å². The molecule has 2 saturated carbocycles. The molecular weight excluding hydrogens is 196 g/mol. The Balaban J connectivity index is 1.94. The molecule has 94 valence electrons. The van der Waals surface area contributed by atoms with E-state index in [0.29, 0.717) is 0 Å². The highest BCUT2D eigenvalue weighted by Crippen LogP contribution is 2.33. The maximum absolute atomic E-state index is 5.98. The van der Waals surface area contributed by atoms with E-state index in [0.717, 1.165) is 24.4 Å². The van der Waals surface area contributed by atoms with Crippen LogP contribution >= 0.6 is 0 Å². The summed E-state index contributed by atoms with van der Waals surface area (Å²) in [6.07, 6.45) is 9.94. The lowest BCUT2D eigenvalue weighted by Crippen LogP contribution is -2.43. The van der Waals surface area contributed by atoms with Crippen LogP contribution in [0.15, 0.2) is 0 Å². The highest BCUT2D eigenvalue weighted by atomic mass is 15.2. The first-order valence-electron chi connectivity index (χ1n) is 7.29. The van der Waals surface area contributed by atoms with Gasteiger partial charge in [0.25, 0.3) is 0 Å². The second kappa shape index (κ2) is 6.02. The largest absolute Gasteiger partial charge is 0.330 e. The normalized spacial score (nSPS) is 31.7. The summed E-state index contributed by atoms with van der Waals surface area (Å²) in [5.41, 5.74) is 5.98. The second-order valence-electron chi connectivity index (χ2n) is 5.73. The average Bonchev–Trinajstić information content (AvgIpc) is 3.12. The average molecular weight is 224 g/mol. The molecule has 2 heteroatoms. The molecule has 2 fully saturated rings. The predicted octanol–water partition coefficient (Wildman–Crippen LogP) is 2.63. The topological polar surface area (TPSA) is 29.3 Å². The second-order valence-corrected chi connectivity index (χ2v) is 5.73. The minimum atomic E-state index is 0.765.